The second-order valence-corrected chi connectivity index (χ2v) is 5.30. The summed E-state index contributed by atoms with van der Waals surface area (Å²) in [6.07, 6.45) is -0.0898. The highest BCUT2D eigenvalue weighted by Gasteiger charge is 2.19. The fraction of sp³-hybridized carbons (Fsp3) is 0.278. The number of anilines is 1. The summed E-state index contributed by atoms with van der Waals surface area (Å²) in [6, 6.07) is 14.4. The molecule has 5 heteroatoms. The minimum atomic E-state index is -0.620. The highest BCUT2D eigenvalue weighted by atomic mass is 35.5. The van der Waals surface area contributed by atoms with E-state index in [4.69, 9.17) is 21.1 Å². The van der Waals surface area contributed by atoms with Crippen LogP contribution in [-0.4, -0.2) is 18.6 Å². The van der Waals surface area contributed by atoms with Crippen molar-refractivity contribution in [2.75, 3.05) is 11.9 Å². The topological polar surface area (TPSA) is 47.6 Å². The molecule has 0 spiro atoms. The van der Waals surface area contributed by atoms with Gasteiger partial charge in [0.25, 0.3) is 5.91 Å². The van der Waals surface area contributed by atoms with Crippen molar-refractivity contribution in [3.63, 3.8) is 0 Å². The van der Waals surface area contributed by atoms with Crippen molar-refractivity contribution in [1.82, 2.24) is 0 Å². The molecule has 122 valence electrons. The zero-order valence-electron chi connectivity index (χ0n) is 13.2. The average molecular weight is 334 g/mol. The average Bonchev–Trinajstić information content (AvgIpc) is 2.54. The van der Waals surface area contributed by atoms with Crippen molar-refractivity contribution in [3.8, 4) is 11.5 Å². The lowest BCUT2D eigenvalue weighted by Crippen LogP contribution is -2.32. The molecule has 2 aromatic carbocycles. The number of carbonyl (C=O) groups is 1. The van der Waals surface area contributed by atoms with Gasteiger partial charge in [-0.15, -0.1) is 0 Å². The van der Waals surface area contributed by atoms with E-state index in [1.54, 1.807) is 18.2 Å². The van der Waals surface area contributed by atoms with E-state index < -0.39 is 6.10 Å². The summed E-state index contributed by atoms with van der Waals surface area (Å²) in [7, 11) is 0. The predicted molar refractivity (Wildman–Crippen MR) is 92.4 cm³/mol. The molecule has 0 aliphatic carbocycles. The van der Waals surface area contributed by atoms with E-state index in [1.807, 2.05) is 44.2 Å². The molecule has 0 bridgehead atoms. The van der Waals surface area contributed by atoms with Gasteiger partial charge in [0.15, 0.2) is 6.10 Å². The summed E-state index contributed by atoms with van der Waals surface area (Å²) < 4.78 is 11.2. The Morgan fingerprint density at radius 1 is 1.17 bits per heavy atom. The third-order valence-corrected chi connectivity index (χ3v) is 3.49. The smallest absolute Gasteiger partial charge is 0.265 e. The van der Waals surface area contributed by atoms with Crippen LogP contribution >= 0.6 is 11.6 Å². The van der Waals surface area contributed by atoms with Gasteiger partial charge >= 0.3 is 0 Å². The Hall–Kier alpha value is -2.20. The molecule has 1 unspecified atom stereocenters. The molecule has 2 aromatic rings. The molecule has 0 aliphatic rings. The monoisotopic (exact) mass is 333 g/mol. The summed E-state index contributed by atoms with van der Waals surface area (Å²) in [5, 5.41) is 3.33. The van der Waals surface area contributed by atoms with E-state index in [2.05, 4.69) is 5.32 Å². The van der Waals surface area contributed by atoms with Crippen LogP contribution in [0.4, 0.5) is 5.69 Å². The molecule has 1 N–H and O–H groups in total. The van der Waals surface area contributed by atoms with Crippen LogP contribution in [0.5, 0.6) is 11.5 Å². The third kappa shape index (κ3) is 4.89. The number of rotatable bonds is 7. The molecule has 4 nitrogen and oxygen atoms in total. The Morgan fingerprint density at radius 2 is 1.96 bits per heavy atom. The maximum Gasteiger partial charge on any atom is 0.265 e. The first-order valence-corrected chi connectivity index (χ1v) is 7.96. The number of benzene rings is 2. The largest absolute Gasteiger partial charge is 0.494 e. The van der Waals surface area contributed by atoms with Crippen LogP contribution in [-0.2, 0) is 4.79 Å². The first kappa shape index (κ1) is 17.2. The van der Waals surface area contributed by atoms with Crippen LogP contribution in [0.2, 0.25) is 5.02 Å². The lowest BCUT2D eigenvalue weighted by molar-refractivity contribution is -0.122. The molecule has 0 aromatic heterocycles. The van der Waals surface area contributed by atoms with Crippen molar-refractivity contribution >= 4 is 23.2 Å². The van der Waals surface area contributed by atoms with Gasteiger partial charge < -0.3 is 14.8 Å². The Kier molecular flexibility index (Phi) is 6.29. The summed E-state index contributed by atoms with van der Waals surface area (Å²) >= 11 is 6.07. The number of ether oxygens (including phenoxy) is 2. The zero-order valence-corrected chi connectivity index (χ0v) is 14.0. The molecule has 2 rings (SSSR count). The minimum absolute atomic E-state index is 0.221. The van der Waals surface area contributed by atoms with Gasteiger partial charge in [0.2, 0.25) is 0 Å². The second kappa shape index (κ2) is 8.44. The number of nitrogens with one attached hydrogen (secondary N) is 1. The Labute approximate surface area is 141 Å². The van der Waals surface area contributed by atoms with Gasteiger partial charge in [0, 0.05) is 11.8 Å². The van der Waals surface area contributed by atoms with Crippen LogP contribution in [0.15, 0.2) is 48.5 Å². The van der Waals surface area contributed by atoms with E-state index in [0.717, 1.165) is 0 Å². The fourth-order valence-electron chi connectivity index (χ4n) is 2.07. The zero-order chi connectivity index (χ0) is 16.7. The second-order valence-electron chi connectivity index (χ2n) is 4.90. The number of carbonyl (C=O) groups excluding carboxylic acids is 1. The first-order chi connectivity index (χ1) is 11.1. The van der Waals surface area contributed by atoms with Crippen molar-refractivity contribution in [2.45, 2.75) is 26.4 Å². The van der Waals surface area contributed by atoms with E-state index in [9.17, 15) is 4.79 Å². The van der Waals surface area contributed by atoms with Crippen LogP contribution in [0.1, 0.15) is 20.3 Å². The Morgan fingerprint density at radius 3 is 2.65 bits per heavy atom. The highest BCUT2D eigenvalue weighted by molar-refractivity contribution is 6.32. The van der Waals surface area contributed by atoms with Crippen LogP contribution in [0.25, 0.3) is 0 Å². The highest BCUT2D eigenvalue weighted by Crippen LogP contribution is 2.25. The first-order valence-electron chi connectivity index (χ1n) is 7.59. The summed E-state index contributed by atoms with van der Waals surface area (Å²) in [5.41, 5.74) is 0.669. The van der Waals surface area contributed by atoms with Crippen LogP contribution in [0.3, 0.4) is 0 Å². The normalized spacial score (nSPS) is 11.6. The van der Waals surface area contributed by atoms with Gasteiger partial charge in [0.05, 0.1) is 11.6 Å². The molecule has 0 radical (unpaired) electrons. The summed E-state index contributed by atoms with van der Waals surface area (Å²) in [4.78, 5) is 12.4. The number of amides is 1. The van der Waals surface area contributed by atoms with E-state index in [0.29, 0.717) is 35.2 Å². The molecule has 1 amide bonds. The van der Waals surface area contributed by atoms with Gasteiger partial charge in [-0.05, 0) is 37.6 Å². The molecule has 1 atom stereocenters. The molecular formula is C18H20ClNO3. The summed E-state index contributed by atoms with van der Waals surface area (Å²) in [5.74, 6) is 0.991. The molecule has 0 heterocycles. The van der Waals surface area contributed by atoms with Gasteiger partial charge in [-0.3, -0.25) is 4.79 Å². The maximum absolute atomic E-state index is 12.4. The standard InChI is InChI=1S/C18H20ClNO3/c1-3-16(23-17-11-6-5-10-15(17)19)18(21)20-13-8-7-9-14(12-13)22-4-2/h5-12,16H,3-4H2,1-2H3,(H,20,21). The van der Waals surface area contributed by atoms with Gasteiger partial charge in [0.1, 0.15) is 11.5 Å². The quantitative estimate of drug-likeness (QED) is 0.809. The third-order valence-electron chi connectivity index (χ3n) is 3.18. The SMILES string of the molecule is CCOc1cccc(NC(=O)C(CC)Oc2ccccc2Cl)c1. The molecule has 23 heavy (non-hydrogen) atoms. The van der Waals surface area contributed by atoms with Crippen molar-refractivity contribution in [2.24, 2.45) is 0 Å². The molecule has 0 fully saturated rings. The van der Waals surface area contributed by atoms with Gasteiger partial charge in [-0.25, -0.2) is 0 Å². The van der Waals surface area contributed by atoms with Crippen molar-refractivity contribution in [3.05, 3.63) is 53.6 Å². The predicted octanol–water partition coefficient (Wildman–Crippen LogP) is 4.53. The van der Waals surface area contributed by atoms with Crippen LogP contribution < -0.4 is 14.8 Å². The lowest BCUT2D eigenvalue weighted by atomic mass is 10.2. The molecule has 0 aliphatic heterocycles. The maximum atomic E-state index is 12.4. The number of hydrogen-bond donors (Lipinski definition) is 1. The molecular weight excluding hydrogens is 314 g/mol. The molecule has 0 saturated heterocycles. The van der Waals surface area contributed by atoms with Crippen molar-refractivity contribution in [1.29, 1.82) is 0 Å². The van der Waals surface area contributed by atoms with Gasteiger partial charge in [-0.2, -0.15) is 0 Å². The van der Waals surface area contributed by atoms with Gasteiger partial charge in [-0.1, -0.05) is 36.7 Å². The van der Waals surface area contributed by atoms with E-state index in [-0.39, 0.29) is 5.91 Å². The Balaban J connectivity index is 2.05. The Bertz CT molecular complexity index is 660. The van der Waals surface area contributed by atoms with Crippen LogP contribution in [0, 0.1) is 0 Å². The van der Waals surface area contributed by atoms with E-state index >= 15 is 0 Å². The number of para-hydroxylation sites is 1. The van der Waals surface area contributed by atoms with Crippen molar-refractivity contribution < 1.29 is 14.3 Å². The number of halogens is 1. The number of hydrogen-bond acceptors (Lipinski definition) is 3. The molecule has 0 saturated carbocycles. The summed E-state index contributed by atoms with van der Waals surface area (Å²) in [6.45, 7) is 4.37. The fourth-order valence-corrected chi connectivity index (χ4v) is 2.25. The minimum Gasteiger partial charge on any atom is -0.494 e. The lowest BCUT2D eigenvalue weighted by Gasteiger charge is -2.18. The van der Waals surface area contributed by atoms with E-state index in [1.165, 1.54) is 0 Å².